The van der Waals surface area contributed by atoms with Gasteiger partial charge in [0.1, 0.15) is 5.82 Å². The van der Waals surface area contributed by atoms with Crippen LogP contribution in [0.4, 0.5) is 10.1 Å². The molecular weight excluding hydrogens is 263 g/mol. The van der Waals surface area contributed by atoms with Gasteiger partial charge in [0.25, 0.3) is 0 Å². The molecule has 2 N–H and O–H groups in total. The number of anilines is 1. The number of hydrogen-bond acceptors (Lipinski definition) is 3. The number of carboxylic acid groups (broad SMARTS) is 1. The second-order valence-corrected chi connectivity index (χ2v) is 4.22. The van der Waals surface area contributed by atoms with E-state index in [9.17, 15) is 14.0 Å². The Bertz CT molecular complexity index is 474. The van der Waals surface area contributed by atoms with E-state index in [1.807, 2.05) is 0 Å². The Labute approximate surface area is 116 Å². The Morgan fingerprint density at radius 3 is 2.55 bits per heavy atom. The zero-order valence-corrected chi connectivity index (χ0v) is 11.0. The first-order valence-corrected chi connectivity index (χ1v) is 6.11. The topological polar surface area (TPSA) is 69.6 Å². The van der Waals surface area contributed by atoms with Crippen LogP contribution in [0, 0.1) is 5.82 Å². The Morgan fingerprint density at radius 2 is 2.00 bits per heavy atom. The van der Waals surface area contributed by atoms with Crippen LogP contribution in [0.5, 0.6) is 0 Å². The predicted molar refractivity (Wildman–Crippen MR) is 73.9 cm³/mol. The van der Waals surface area contributed by atoms with Crippen molar-refractivity contribution < 1.29 is 19.1 Å². The molecule has 0 atom stereocenters. The Hall–Kier alpha value is -2.21. The van der Waals surface area contributed by atoms with Crippen molar-refractivity contribution in [3.63, 3.8) is 0 Å². The summed E-state index contributed by atoms with van der Waals surface area (Å²) in [5.41, 5.74) is 0.494. The van der Waals surface area contributed by atoms with Gasteiger partial charge >= 0.3 is 5.97 Å². The lowest BCUT2D eigenvalue weighted by molar-refractivity contribution is -0.137. The third kappa shape index (κ3) is 6.10. The van der Waals surface area contributed by atoms with Gasteiger partial charge in [-0.25, -0.2) is 4.39 Å². The monoisotopic (exact) mass is 280 g/mol. The van der Waals surface area contributed by atoms with Crippen LogP contribution in [0.15, 0.2) is 36.9 Å². The molecule has 0 bridgehead atoms. The summed E-state index contributed by atoms with van der Waals surface area (Å²) in [4.78, 5) is 24.0. The molecule has 0 fully saturated rings. The number of halogens is 1. The van der Waals surface area contributed by atoms with Crippen LogP contribution in [-0.4, -0.2) is 41.5 Å². The van der Waals surface area contributed by atoms with Crippen LogP contribution >= 0.6 is 0 Å². The molecular formula is C14H17FN2O3. The summed E-state index contributed by atoms with van der Waals surface area (Å²) in [6.45, 7) is 4.30. The largest absolute Gasteiger partial charge is 0.481 e. The zero-order chi connectivity index (χ0) is 15.0. The van der Waals surface area contributed by atoms with E-state index >= 15 is 0 Å². The van der Waals surface area contributed by atoms with Gasteiger partial charge in [-0.1, -0.05) is 6.08 Å². The van der Waals surface area contributed by atoms with Gasteiger partial charge < -0.3 is 10.4 Å². The van der Waals surface area contributed by atoms with E-state index in [0.717, 1.165) is 0 Å². The summed E-state index contributed by atoms with van der Waals surface area (Å²) in [7, 11) is 0. The summed E-state index contributed by atoms with van der Waals surface area (Å²) >= 11 is 0. The number of benzene rings is 1. The van der Waals surface area contributed by atoms with E-state index < -0.39 is 5.97 Å². The molecule has 0 saturated carbocycles. The highest BCUT2D eigenvalue weighted by atomic mass is 19.1. The number of nitrogens with one attached hydrogen (secondary N) is 1. The molecule has 1 aromatic carbocycles. The molecule has 0 unspecified atom stereocenters. The molecule has 1 rings (SSSR count). The Kier molecular flexibility index (Phi) is 6.39. The van der Waals surface area contributed by atoms with Crippen LogP contribution in [0.1, 0.15) is 6.42 Å². The van der Waals surface area contributed by atoms with E-state index in [0.29, 0.717) is 12.2 Å². The molecule has 6 heteroatoms. The Morgan fingerprint density at radius 1 is 1.35 bits per heavy atom. The molecule has 0 aliphatic heterocycles. The van der Waals surface area contributed by atoms with Crippen LogP contribution < -0.4 is 5.32 Å². The summed E-state index contributed by atoms with van der Waals surface area (Å²) in [6, 6.07) is 5.42. The first-order valence-electron chi connectivity index (χ1n) is 6.11. The van der Waals surface area contributed by atoms with Gasteiger partial charge in [-0.3, -0.25) is 14.5 Å². The second kappa shape index (κ2) is 8.06. The van der Waals surface area contributed by atoms with E-state index in [1.54, 1.807) is 11.0 Å². The molecule has 1 aromatic rings. The highest BCUT2D eigenvalue weighted by Gasteiger charge is 2.11. The first kappa shape index (κ1) is 15.8. The maximum absolute atomic E-state index is 12.7. The van der Waals surface area contributed by atoms with Crippen LogP contribution in [0.2, 0.25) is 0 Å². The van der Waals surface area contributed by atoms with Crippen molar-refractivity contribution >= 4 is 17.6 Å². The molecule has 5 nitrogen and oxygen atoms in total. The molecule has 108 valence electrons. The number of carboxylic acids is 1. The smallest absolute Gasteiger partial charge is 0.304 e. The minimum atomic E-state index is -0.919. The predicted octanol–water partition coefficient (Wildman–Crippen LogP) is 1.73. The number of hydrogen-bond donors (Lipinski definition) is 2. The van der Waals surface area contributed by atoms with E-state index in [2.05, 4.69) is 11.9 Å². The van der Waals surface area contributed by atoms with E-state index in [4.69, 9.17) is 5.11 Å². The molecule has 1 amide bonds. The van der Waals surface area contributed by atoms with Crippen molar-refractivity contribution in [2.75, 3.05) is 25.0 Å². The fraction of sp³-hybridized carbons (Fsp3) is 0.286. The van der Waals surface area contributed by atoms with Gasteiger partial charge in [-0.15, -0.1) is 6.58 Å². The summed E-state index contributed by atoms with van der Waals surface area (Å²) < 4.78 is 12.7. The van der Waals surface area contributed by atoms with Gasteiger partial charge in [0.2, 0.25) is 5.91 Å². The number of amides is 1. The van der Waals surface area contributed by atoms with Gasteiger partial charge in [-0.2, -0.15) is 0 Å². The van der Waals surface area contributed by atoms with E-state index in [-0.39, 0.29) is 31.2 Å². The number of rotatable bonds is 8. The molecule has 0 radical (unpaired) electrons. The number of aliphatic carboxylic acids is 1. The lowest BCUT2D eigenvalue weighted by Crippen LogP contribution is -2.34. The minimum absolute atomic E-state index is 0.0440. The molecule has 0 aliphatic carbocycles. The van der Waals surface area contributed by atoms with Crippen molar-refractivity contribution in [2.24, 2.45) is 0 Å². The summed E-state index contributed by atoms with van der Waals surface area (Å²) in [5.74, 6) is -1.58. The van der Waals surface area contributed by atoms with Gasteiger partial charge in [-0.05, 0) is 24.3 Å². The molecule has 0 aromatic heterocycles. The highest BCUT2D eigenvalue weighted by Crippen LogP contribution is 2.08. The molecule has 20 heavy (non-hydrogen) atoms. The number of nitrogens with zero attached hydrogens (tertiary/aromatic N) is 1. The van der Waals surface area contributed by atoms with Crippen LogP contribution in [0.3, 0.4) is 0 Å². The van der Waals surface area contributed by atoms with Crippen molar-refractivity contribution in [3.05, 3.63) is 42.7 Å². The van der Waals surface area contributed by atoms with Gasteiger partial charge in [0.15, 0.2) is 0 Å². The Balaban J connectivity index is 2.50. The lowest BCUT2D eigenvalue weighted by atomic mass is 10.3. The summed E-state index contributed by atoms with van der Waals surface area (Å²) in [6.07, 6.45) is 1.56. The third-order valence-corrected chi connectivity index (χ3v) is 2.52. The quantitative estimate of drug-likeness (QED) is 0.711. The highest BCUT2D eigenvalue weighted by molar-refractivity contribution is 5.92. The number of carbonyl (C=O) groups excluding carboxylic acids is 1. The average molecular weight is 280 g/mol. The fourth-order valence-corrected chi connectivity index (χ4v) is 1.61. The third-order valence-electron chi connectivity index (χ3n) is 2.52. The molecule has 0 heterocycles. The maximum atomic E-state index is 12.7. The van der Waals surface area contributed by atoms with Gasteiger partial charge in [0, 0.05) is 18.8 Å². The van der Waals surface area contributed by atoms with Crippen molar-refractivity contribution in [3.8, 4) is 0 Å². The molecule has 0 saturated heterocycles. The number of carbonyl (C=O) groups is 2. The minimum Gasteiger partial charge on any atom is -0.481 e. The second-order valence-electron chi connectivity index (χ2n) is 4.22. The zero-order valence-electron chi connectivity index (χ0n) is 11.0. The van der Waals surface area contributed by atoms with E-state index in [1.165, 1.54) is 24.3 Å². The standard InChI is InChI=1S/C14H17FN2O3/c1-2-8-17(9-7-14(19)20)10-13(18)16-12-5-3-11(15)4-6-12/h2-6H,1,7-10H2,(H,16,18)(H,19,20). The lowest BCUT2D eigenvalue weighted by Gasteiger charge is -2.19. The van der Waals surface area contributed by atoms with Gasteiger partial charge in [0.05, 0.1) is 13.0 Å². The first-order chi connectivity index (χ1) is 9.51. The van der Waals surface area contributed by atoms with Crippen LogP contribution in [-0.2, 0) is 9.59 Å². The van der Waals surface area contributed by atoms with Crippen molar-refractivity contribution in [1.29, 1.82) is 0 Å². The SMILES string of the molecule is C=CCN(CCC(=O)O)CC(=O)Nc1ccc(F)cc1. The molecule has 0 aliphatic rings. The van der Waals surface area contributed by atoms with Crippen LogP contribution in [0.25, 0.3) is 0 Å². The maximum Gasteiger partial charge on any atom is 0.304 e. The van der Waals surface area contributed by atoms with Crippen molar-refractivity contribution in [1.82, 2.24) is 4.90 Å². The normalized spacial score (nSPS) is 10.3. The molecule has 0 spiro atoms. The average Bonchev–Trinajstić information content (AvgIpc) is 2.39. The summed E-state index contributed by atoms with van der Waals surface area (Å²) in [5, 5.41) is 11.3. The van der Waals surface area contributed by atoms with Crippen molar-refractivity contribution in [2.45, 2.75) is 6.42 Å². The fourth-order valence-electron chi connectivity index (χ4n) is 1.61.